The van der Waals surface area contributed by atoms with E-state index in [1.165, 1.54) is 11.1 Å². The molecule has 0 saturated carbocycles. The van der Waals surface area contributed by atoms with Crippen LogP contribution in [-0.4, -0.2) is 101 Å². The molecule has 3 heterocycles. The number of benzene rings is 2. The fourth-order valence-corrected chi connectivity index (χ4v) is 6.07. The number of likely N-dealkylation sites (N-methyl/N-ethyl adjacent to an activating group) is 1. The van der Waals surface area contributed by atoms with Gasteiger partial charge in [0.1, 0.15) is 41.3 Å². The van der Waals surface area contributed by atoms with E-state index in [0.29, 0.717) is 71.2 Å². The molecule has 16 heteroatoms. The summed E-state index contributed by atoms with van der Waals surface area (Å²) in [5.74, 6) is 3.33. The number of imidazole rings is 1. The van der Waals surface area contributed by atoms with Gasteiger partial charge in [-0.3, -0.25) is 0 Å². The molecule has 0 aliphatic rings. The highest BCUT2D eigenvalue weighted by Crippen LogP contribution is 2.34. The maximum atomic E-state index is 12.3. The number of aromatic nitrogens is 5. The van der Waals surface area contributed by atoms with Crippen molar-refractivity contribution in [1.82, 2.24) is 29.5 Å². The Morgan fingerprint density at radius 3 is 2.05 bits per heavy atom. The third-order valence-electron chi connectivity index (χ3n) is 9.10. The van der Waals surface area contributed by atoms with Crippen LogP contribution in [0.15, 0.2) is 60.9 Å². The van der Waals surface area contributed by atoms with Crippen molar-refractivity contribution in [3.63, 3.8) is 0 Å². The predicted octanol–water partition coefficient (Wildman–Crippen LogP) is 6.66. The summed E-state index contributed by atoms with van der Waals surface area (Å²) < 4.78 is 41.6. The highest BCUT2D eigenvalue weighted by atomic mass is 16.6. The summed E-state index contributed by atoms with van der Waals surface area (Å²) in [6, 6.07) is 14.8. The van der Waals surface area contributed by atoms with E-state index in [1.54, 1.807) is 58.3 Å². The number of rotatable bonds is 19. The van der Waals surface area contributed by atoms with Crippen LogP contribution in [0.25, 0.3) is 5.65 Å². The van der Waals surface area contributed by atoms with Crippen molar-refractivity contribution in [3.8, 4) is 34.9 Å². The number of nitrogens with zero attached hydrogens (tertiary/aromatic N) is 7. The van der Waals surface area contributed by atoms with Crippen LogP contribution >= 0.6 is 0 Å². The molecule has 0 spiro atoms. The summed E-state index contributed by atoms with van der Waals surface area (Å²) in [6.45, 7) is 10.6. The lowest BCUT2D eigenvalue weighted by Gasteiger charge is -2.27. The second kappa shape index (κ2) is 19.4. The molecular weight excluding hydrogens is 747 g/mol. The van der Waals surface area contributed by atoms with Crippen molar-refractivity contribution in [2.24, 2.45) is 0 Å². The molecule has 16 nitrogen and oxygen atoms in total. The number of fused-ring (bicyclic) bond motifs is 1. The molecule has 0 fully saturated rings. The van der Waals surface area contributed by atoms with Gasteiger partial charge in [0.2, 0.25) is 5.88 Å². The zero-order chi connectivity index (χ0) is 42.0. The zero-order valence-corrected chi connectivity index (χ0v) is 35.0. The minimum atomic E-state index is -1.18. The molecule has 5 aromatic rings. The Bertz CT molecular complexity index is 2060. The number of carbonyl (C=O) groups is 1. The van der Waals surface area contributed by atoms with E-state index in [4.69, 9.17) is 48.2 Å². The summed E-state index contributed by atoms with van der Waals surface area (Å²) in [5.41, 5.74) is 2.33. The Morgan fingerprint density at radius 1 is 0.879 bits per heavy atom. The number of anilines is 1. The summed E-state index contributed by atoms with van der Waals surface area (Å²) in [5, 5.41) is 16.5. The number of aliphatic hydroxyl groups excluding tert-OH is 1. The van der Waals surface area contributed by atoms with Crippen LogP contribution in [0.4, 0.5) is 10.6 Å². The smallest absolute Gasteiger partial charge is 0.410 e. The van der Waals surface area contributed by atoms with Crippen LogP contribution in [0, 0.1) is 0 Å². The molecule has 2 atom stereocenters. The molecular formula is C42H55N7O9. The van der Waals surface area contributed by atoms with Crippen LogP contribution in [0.3, 0.4) is 0 Å². The highest BCUT2D eigenvalue weighted by molar-refractivity contribution is 5.68. The summed E-state index contributed by atoms with van der Waals surface area (Å²) in [6.07, 6.45) is 2.95. The van der Waals surface area contributed by atoms with Crippen molar-refractivity contribution >= 4 is 17.6 Å². The molecule has 0 saturated heterocycles. The highest BCUT2D eigenvalue weighted by Gasteiger charge is 2.26. The Balaban J connectivity index is 1.51. The van der Waals surface area contributed by atoms with E-state index in [0.717, 1.165) is 24.0 Å². The molecule has 0 aliphatic carbocycles. The van der Waals surface area contributed by atoms with Gasteiger partial charge in [-0.2, -0.15) is 4.98 Å². The number of methoxy groups -OCH3 is 4. The molecule has 0 radical (unpaired) electrons. The minimum Gasteiger partial charge on any atom is -0.497 e. The first kappa shape index (κ1) is 43.1. The van der Waals surface area contributed by atoms with E-state index in [2.05, 4.69) is 11.9 Å². The first-order valence-electron chi connectivity index (χ1n) is 19.1. The van der Waals surface area contributed by atoms with E-state index in [1.807, 2.05) is 69.0 Å². The van der Waals surface area contributed by atoms with Gasteiger partial charge in [-0.05, 0) is 64.4 Å². The topological polar surface area (TPSA) is 164 Å². The predicted molar refractivity (Wildman–Crippen MR) is 217 cm³/mol. The first-order valence-corrected chi connectivity index (χ1v) is 19.1. The Labute approximate surface area is 339 Å². The number of hydrogen-bond acceptors (Lipinski definition) is 14. The van der Waals surface area contributed by atoms with Crippen LogP contribution in [0.2, 0.25) is 0 Å². The molecule has 5 rings (SSSR count). The van der Waals surface area contributed by atoms with E-state index >= 15 is 0 Å². The standard InChI is InChI=1S/C42H55N7O9/c1-11-12-27(2)57-40-45-39(48(25-29-13-16-31(52-7)21-34(29)54-9)26-30-14-17-32(53-8)22-35(30)55-10)38-44-24-33(49(38)46-40)37(50)28-15-18-36(43-23-28)56-20-19-47(6)41(51)58-42(3,4)5/h13-18,21-24,27,37,50H,11-12,19-20,25-26H2,1-10H3/t27-,37?/m1/s1. The molecule has 1 N–H and O–H groups in total. The first-order chi connectivity index (χ1) is 27.8. The van der Waals surface area contributed by atoms with E-state index in [9.17, 15) is 9.90 Å². The lowest BCUT2D eigenvalue weighted by molar-refractivity contribution is 0.0277. The fraction of sp³-hybridized carbons (Fsp3) is 0.452. The number of carbonyl (C=O) groups excluding carboxylic acids is 1. The van der Waals surface area contributed by atoms with Gasteiger partial charge in [-0.25, -0.2) is 19.3 Å². The second-order valence-corrected chi connectivity index (χ2v) is 14.6. The lowest BCUT2D eigenvalue weighted by Crippen LogP contribution is -2.36. The maximum Gasteiger partial charge on any atom is 0.410 e. The quantitative estimate of drug-likeness (QED) is 0.0943. The van der Waals surface area contributed by atoms with Gasteiger partial charge in [0, 0.05) is 61.2 Å². The lowest BCUT2D eigenvalue weighted by atomic mass is 10.1. The molecule has 312 valence electrons. The van der Waals surface area contributed by atoms with Gasteiger partial charge >= 0.3 is 12.1 Å². The van der Waals surface area contributed by atoms with Crippen molar-refractivity contribution < 1.29 is 43.1 Å². The van der Waals surface area contributed by atoms with Crippen molar-refractivity contribution in [2.45, 2.75) is 78.4 Å². The van der Waals surface area contributed by atoms with Crippen molar-refractivity contribution in [3.05, 3.63) is 83.3 Å². The molecule has 58 heavy (non-hydrogen) atoms. The summed E-state index contributed by atoms with van der Waals surface area (Å²) in [4.78, 5) is 29.9. The van der Waals surface area contributed by atoms with Gasteiger partial charge in [0.15, 0.2) is 11.5 Å². The number of amides is 1. The minimum absolute atomic E-state index is 0.113. The fourth-order valence-electron chi connectivity index (χ4n) is 6.07. The third-order valence-corrected chi connectivity index (χ3v) is 9.10. The average Bonchev–Trinajstić information content (AvgIpc) is 3.63. The van der Waals surface area contributed by atoms with Crippen LogP contribution in [-0.2, 0) is 17.8 Å². The SMILES string of the molecule is CCC[C@@H](C)Oc1nc(N(Cc2ccc(OC)cc2OC)Cc2ccc(OC)cc2OC)c2ncc(C(O)c3ccc(OCCN(C)C(=O)OC(C)(C)C)nc3)n2n1. The second-order valence-electron chi connectivity index (χ2n) is 14.6. The van der Waals surface area contributed by atoms with Crippen molar-refractivity contribution in [2.75, 3.05) is 53.5 Å². The number of ether oxygens (including phenoxy) is 7. The van der Waals surface area contributed by atoms with Crippen molar-refractivity contribution in [1.29, 1.82) is 0 Å². The van der Waals surface area contributed by atoms with Crippen LogP contribution < -0.4 is 33.3 Å². The van der Waals surface area contributed by atoms with Crippen LogP contribution in [0.1, 0.15) is 75.9 Å². The number of pyridine rings is 1. The van der Waals surface area contributed by atoms with Crippen LogP contribution in [0.5, 0.6) is 34.9 Å². The summed E-state index contributed by atoms with van der Waals surface area (Å²) >= 11 is 0. The maximum absolute atomic E-state index is 12.3. The molecule has 1 unspecified atom stereocenters. The zero-order valence-electron chi connectivity index (χ0n) is 35.0. The Hall–Kier alpha value is -6.03. The molecule has 0 aliphatic heterocycles. The third kappa shape index (κ3) is 10.9. The number of aliphatic hydroxyl groups is 1. The largest absolute Gasteiger partial charge is 0.497 e. The Morgan fingerprint density at radius 2 is 1.52 bits per heavy atom. The summed E-state index contributed by atoms with van der Waals surface area (Å²) in [7, 11) is 8.07. The van der Waals surface area contributed by atoms with E-state index < -0.39 is 17.8 Å². The number of hydrogen-bond donors (Lipinski definition) is 1. The van der Waals surface area contributed by atoms with E-state index in [-0.39, 0.29) is 18.7 Å². The molecule has 0 bridgehead atoms. The molecule has 3 aromatic heterocycles. The molecule has 2 aromatic carbocycles. The normalized spacial score (nSPS) is 12.4. The van der Waals surface area contributed by atoms with Gasteiger partial charge in [-0.15, -0.1) is 5.10 Å². The monoisotopic (exact) mass is 801 g/mol. The Kier molecular flexibility index (Phi) is 14.4. The van der Waals surface area contributed by atoms with Gasteiger partial charge in [-0.1, -0.05) is 13.3 Å². The average molecular weight is 802 g/mol. The van der Waals surface area contributed by atoms with Gasteiger partial charge < -0.3 is 48.1 Å². The molecule has 1 amide bonds. The van der Waals surface area contributed by atoms with Gasteiger partial charge in [0.05, 0.1) is 53.0 Å². The van der Waals surface area contributed by atoms with Gasteiger partial charge in [0.25, 0.3) is 0 Å².